The summed E-state index contributed by atoms with van der Waals surface area (Å²) in [4.78, 5) is 0. The van der Waals surface area contributed by atoms with E-state index >= 15 is 0 Å². The predicted molar refractivity (Wildman–Crippen MR) is 210 cm³/mol. The Labute approximate surface area is 286 Å². The Morgan fingerprint density at radius 3 is 0.558 bits per heavy atom. The first-order valence-electron chi connectivity index (χ1n) is 20.3. The summed E-state index contributed by atoms with van der Waals surface area (Å²) in [6.45, 7) is 4.62. The smallest absolute Gasteiger partial charge is 0.00451 e. The maximum absolute atomic E-state index is 2.31. The third-order valence-electron chi connectivity index (χ3n) is 9.26. The van der Waals surface area contributed by atoms with E-state index in [9.17, 15) is 0 Å². The first kappa shape index (κ1) is 44.0. The van der Waals surface area contributed by atoms with E-state index in [0.29, 0.717) is 0 Å². The molecule has 0 aliphatic heterocycles. The summed E-state index contributed by atoms with van der Waals surface area (Å²) >= 11 is 0. The molecule has 0 unspecified atom stereocenters. The third-order valence-corrected chi connectivity index (χ3v) is 13.7. The van der Waals surface area contributed by atoms with Crippen LogP contribution in [0.25, 0.3) is 0 Å². The van der Waals surface area contributed by atoms with Crippen LogP contribution >= 0.6 is 31.4 Å². The monoisotopic (exact) mass is 659 g/mol. The van der Waals surface area contributed by atoms with Crippen molar-refractivity contribution < 1.29 is 0 Å². The lowest BCUT2D eigenvalue weighted by molar-refractivity contribution is 0.527. The summed E-state index contributed by atoms with van der Waals surface area (Å²) in [5.74, 6) is 2.71. The van der Waals surface area contributed by atoms with Crippen LogP contribution in [0.4, 0.5) is 0 Å². The van der Waals surface area contributed by atoms with Crippen molar-refractivity contribution in [3.8, 4) is 0 Å². The van der Waals surface area contributed by atoms with E-state index in [1.807, 2.05) is 0 Å². The molecular weight excluding hydrogens is 577 g/mol. The Morgan fingerprint density at radius 1 is 0.209 bits per heavy atom. The Morgan fingerprint density at radius 2 is 0.372 bits per heavy atom. The highest BCUT2D eigenvalue weighted by Gasteiger charge is 1.98. The fourth-order valence-electron chi connectivity index (χ4n) is 6.23. The maximum atomic E-state index is 2.31. The van der Waals surface area contributed by atoms with Crippen molar-refractivity contribution in [2.45, 2.75) is 245 Å². The summed E-state index contributed by atoms with van der Waals surface area (Å²) in [7, 11) is 6.29. The van der Waals surface area contributed by atoms with Gasteiger partial charge in [0.25, 0.3) is 0 Å². The largest absolute Gasteiger partial charge is 0.0826 e. The Hall–Kier alpha value is 1.05. The SMILES string of the molecule is CCCCCCCCCCCCCCCCCCCCSSSCCCCCCCCCCCCCCCCCCCC. The number of unbranched alkanes of at least 4 members (excludes halogenated alkanes) is 34. The van der Waals surface area contributed by atoms with E-state index in [1.165, 1.54) is 243 Å². The second-order valence-corrected chi connectivity index (χ2v) is 18.2. The predicted octanol–water partition coefficient (Wildman–Crippen LogP) is 17.1. The van der Waals surface area contributed by atoms with Gasteiger partial charge in [-0.05, 0) is 22.7 Å². The fourth-order valence-corrected chi connectivity index (χ4v) is 10.2. The number of hydrogen-bond acceptors (Lipinski definition) is 3. The Bertz CT molecular complexity index is 415. The zero-order valence-corrected chi connectivity index (χ0v) is 32.5. The molecule has 0 aliphatic rings. The zero-order chi connectivity index (χ0) is 31.0. The quantitative estimate of drug-likeness (QED) is 0.0475. The molecule has 0 aromatic carbocycles. The first-order chi connectivity index (χ1) is 21.4. The lowest BCUT2D eigenvalue weighted by Crippen LogP contribution is -1.84. The van der Waals surface area contributed by atoms with Crippen LogP contribution in [0.3, 0.4) is 0 Å². The molecular formula is C40H82S3. The minimum atomic E-state index is 1.36. The van der Waals surface area contributed by atoms with Crippen LogP contribution < -0.4 is 0 Å². The molecule has 0 amide bonds. The highest BCUT2D eigenvalue weighted by atomic mass is 33.5. The van der Waals surface area contributed by atoms with Crippen molar-refractivity contribution in [3.63, 3.8) is 0 Å². The van der Waals surface area contributed by atoms with E-state index < -0.39 is 0 Å². The highest BCUT2D eigenvalue weighted by molar-refractivity contribution is 9.09. The minimum absolute atomic E-state index is 1.36. The van der Waals surface area contributed by atoms with Crippen LogP contribution in [-0.2, 0) is 0 Å². The van der Waals surface area contributed by atoms with Gasteiger partial charge in [0.15, 0.2) is 0 Å². The molecule has 0 bridgehead atoms. The second-order valence-electron chi connectivity index (χ2n) is 13.7. The molecule has 0 rings (SSSR count). The molecule has 0 spiro atoms. The van der Waals surface area contributed by atoms with Gasteiger partial charge in [-0.2, -0.15) is 0 Å². The standard InChI is InChI=1S/C40H82S3/c1-3-5-7-9-11-13-15-17-19-21-23-25-27-29-31-33-35-37-39-41-43-42-40-38-36-34-32-30-28-26-24-22-20-18-16-14-12-10-8-6-4-2/h3-40H2,1-2H3. The third kappa shape index (κ3) is 43.0. The van der Waals surface area contributed by atoms with Gasteiger partial charge >= 0.3 is 0 Å². The summed E-state index contributed by atoms with van der Waals surface area (Å²) in [5.41, 5.74) is 0. The summed E-state index contributed by atoms with van der Waals surface area (Å²) in [6, 6.07) is 0. The van der Waals surface area contributed by atoms with Crippen LogP contribution in [0, 0.1) is 0 Å². The maximum Gasteiger partial charge on any atom is 0.00451 e. The lowest BCUT2D eigenvalue weighted by atomic mass is 10.0. The molecule has 0 saturated heterocycles. The van der Waals surface area contributed by atoms with Gasteiger partial charge in [0.1, 0.15) is 0 Å². The van der Waals surface area contributed by atoms with Crippen LogP contribution in [0.15, 0.2) is 0 Å². The molecule has 3 heteroatoms. The van der Waals surface area contributed by atoms with Gasteiger partial charge in [0.2, 0.25) is 0 Å². The van der Waals surface area contributed by atoms with Gasteiger partial charge in [0.05, 0.1) is 0 Å². The van der Waals surface area contributed by atoms with Gasteiger partial charge < -0.3 is 0 Å². The Kier molecular flexibility index (Phi) is 44.1. The highest BCUT2D eigenvalue weighted by Crippen LogP contribution is 2.35. The lowest BCUT2D eigenvalue weighted by Gasteiger charge is -2.04. The first-order valence-corrected chi connectivity index (χ1v) is 24.1. The number of hydrogen-bond donors (Lipinski definition) is 0. The molecule has 0 atom stereocenters. The molecule has 0 saturated carbocycles. The second kappa shape index (κ2) is 43.0. The van der Waals surface area contributed by atoms with E-state index in [2.05, 4.69) is 45.3 Å². The molecule has 0 aromatic heterocycles. The molecule has 260 valence electrons. The fraction of sp³-hybridized carbons (Fsp3) is 1.00. The van der Waals surface area contributed by atoms with E-state index in [4.69, 9.17) is 0 Å². The molecule has 0 N–H and O–H groups in total. The van der Waals surface area contributed by atoms with E-state index in [-0.39, 0.29) is 0 Å². The summed E-state index contributed by atoms with van der Waals surface area (Å²) in [5, 5.41) is 0. The average molecular weight is 659 g/mol. The molecule has 0 radical (unpaired) electrons. The average Bonchev–Trinajstić information content (AvgIpc) is 3.02. The van der Waals surface area contributed by atoms with E-state index in [1.54, 1.807) is 0 Å². The molecule has 0 aromatic rings. The van der Waals surface area contributed by atoms with Gasteiger partial charge in [0, 0.05) is 11.5 Å². The molecule has 0 fully saturated rings. The molecule has 0 aliphatic carbocycles. The topological polar surface area (TPSA) is 0 Å². The normalized spacial score (nSPS) is 11.6. The van der Waals surface area contributed by atoms with Gasteiger partial charge in [-0.15, -0.1) is 0 Å². The van der Waals surface area contributed by atoms with Crippen molar-refractivity contribution in [2.24, 2.45) is 0 Å². The van der Waals surface area contributed by atoms with Crippen molar-refractivity contribution in [1.82, 2.24) is 0 Å². The van der Waals surface area contributed by atoms with Gasteiger partial charge in [-0.3, -0.25) is 0 Å². The summed E-state index contributed by atoms with van der Waals surface area (Å²) < 4.78 is 0. The van der Waals surface area contributed by atoms with Crippen LogP contribution in [0.1, 0.15) is 245 Å². The molecule has 0 heterocycles. The summed E-state index contributed by atoms with van der Waals surface area (Å²) in [6.07, 6.45) is 52.9. The van der Waals surface area contributed by atoms with Crippen LogP contribution in [-0.4, -0.2) is 11.5 Å². The molecule has 0 nitrogen and oxygen atoms in total. The van der Waals surface area contributed by atoms with Gasteiger partial charge in [-0.25, -0.2) is 0 Å². The molecule has 43 heavy (non-hydrogen) atoms. The van der Waals surface area contributed by atoms with Crippen LogP contribution in [0.2, 0.25) is 0 Å². The number of rotatable bonds is 40. The Balaban J connectivity index is 3.02. The zero-order valence-electron chi connectivity index (χ0n) is 30.1. The van der Waals surface area contributed by atoms with Crippen molar-refractivity contribution >= 4 is 31.4 Å². The van der Waals surface area contributed by atoms with Crippen molar-refractivity contribution in [1.29, 1.82) is 0 Å². The van der Waals surface area contributed by atoms with E-state index in [0.717, 1.165) is 0 Å². The van der Waals surface area contributed by atoms with Gasteiger partial charge in [-0.1, -0.05) is 254 Å². The van der Waals surface area contributed by atoms with Crippen molar-refractivity contribution in [3.05, 3.63) is 0 Å². The van der Waals surface area contributed by atoms with Crippen molar-refractivity contribution in [2.75, 3.05) is 11.5 Å². The van der Waals surface area contributed by atoms with Crippen LogP contribution in [0.5, 0.6) is 0 Å². The minimum Gasteiger partial charge on any atom is -0.0826 e.